The molecule has 0 fully saturated rings. The fourth-order valence-corrected chi connectivity index (χ4v) is 3.90. The monoisotopic (exact) mass is 422 g/mol. The Morgan fingerprint density at radius 2 is 1.97 bits per heavy atom. The third kappa shape index (κ3) is 4.23. The van der Waals surface area contributed by atoms with Crippen molar-refractivity contribution >= 4 is 23.2 Å². The Morgan fingerprint density at radius 1 is 1.17 bits per heavy atom. The van der Waals surface area contributed by atoms with Gasteiger partial charge < -0.3 is 14.8 Å². The molecule has 1 aliphatic rings. The molecule has 154 valence electrons. The van der Waals surface area contributed by atoms with Crippen molar-refractivity contribution in [2.45, 2.75) is 31.1 Å². The van der Waals surface area contributed by atoms with Crippen LogP contribution in [-0.4, -0.2) is 40.1 Å². The van der Waals surface area contributed by atoms with E-state index in [2.05, 4.69) is 27.4 Å². The van der Waals surface area contributed by atoms with E-state index in [9.17, 15) is 4.79 Å². The Morgan fingerprint density at radius 3 is 2.73 bits per heavy atom. The van der Waals surface area contributed by atoms with E-state index in [1.54, 1.807) is 31.4 Å². The lowest BCUT2D eigenvalue weighted by Gasteiger charge is -2.18. The van der Waals surface area contributed by atoms with Crippen LogP contribution in [0.4, 0.5) is 5.69 Å². The van der Waals surface area contributed by atoms with Gasteiger partial charge in [0.2, 0.25) is 23.0 Å². The van der Waals surface area contributed by atoms with Crippen LogP contribution >= 0.6 is 11.8 Å². The van der Waals surface area contributed by atoms with Crippen LogP contribution in [0.5, 0.6) is 11.6 Å². The second-order valence-corrected chi connectivity index (χ2v) is 7.79. The fraction of sp³-hybridized carbons (Fsp3) is 0.273. The van der Waals surface area contributed by atoms with Crippen LogP contribution in [0.3, 0.4) is 0 Å². The summed E-state index contributed by atoms with van der Waals surface area (Å²) in [4.78, 5) is 17.7. The number of aromatic nitrogens is 3. The van der Waals surface area contributed by atoms with Crippen LogP contribution in [0.2, 0.25) is 0 Å². The number of anilines is 1. The van der Waals surface area contributed by atoms with Crippen molar-refractivity contribution in [2.75, 3.05) is 18.2 Å². The largest absolute Gasteiger partial charge is 0.497 e. The third-order valence-corrected chi connectivity index (χ3v) is 5.60. The minimum Gasteiger partial charge on any atom is -0.497 e. The molecule has 3 aromatic rings. The molecule has 1 aromatic heterocycles. The van der Waals surface area contributed by atoms with E-state index in [1.807, 2.05) is 24.3 Å². The molecule has 1 aliphatic heterocycles. The number of ether oxygens (including phenoxy) is 2. The third-order valence-electron chi connectivity index (χ3n) is 4.68. The highest BCUT2D eigenvalue weighted by Crippen LogP contribution is 2.36. The number of fused-ring (bicyclic) bond motifs is 3. The molecule has 1 N–H and O–H groups in total. The van der Waals surface area contributed by atoms with Gasteiger partial charge in [-0.1, -0.05) is 43.3 Å². The van der Waals surface area contributed by atoms with Gasteiger partial charge in [0.1, 0.15) is 5.75 Å². The smallest absolute Gasteiger partial charge is 0.247 e. The maximum Gasteiger partial charge on any atom is 0.247 e. The molecular formula is C22H22N4O3S. The Labute approximate surface area is 179 Å². The first kappa shape index (κ1) is 20.2. The Hall–Kier alpha value is -3.13. The number of para-hydroxylation sites is 1. The van der Waals surface area contributed by atoms with E-state index in [0.29, 0.717) is 28.0 Å². The molecule has 2 aromatic carbocycles. The number of hydrogen-bond acceptors (Lipinski definition) is 8. The number of nitrogens with one attached hydrogen (secondary N) is 1. The molecule has 0 radical (unpaired) electrons. The molecule has 4 rings (SSSR count). The number of ketones is 1. The van der Waals surface area contributed by atoms with Crippen molar-refractivity contribution in [1.29, 1.82) is 0 Å². The number of hydrogen-bond donors (Lipinski definition) is 1. The second kappa shape index (κ2) is 9.13. The molecule has 1 atom stereocenters. The van der Waals surface area contributed by atoms with Gasteiger partial charge in [-0.25, -0.2) is 0 Å². The molecule has 0 spiro atoms. The molecule has 30 heavy (non-hydrogen) atoms. The number of benzene rings is 2. The van der Waals surface area contributed by atoms with Crippen LogP contribution in [0.15, 0.2) is 53.7 Å². The van der Waals surface area contributed by atoms with Gasteiger partial charge in [-0.2, -0.15) is 4.98 Å². The van der Waals surface area contributed by atoms with E-state index < -0.39 is 6.23 Å². The van der Waals surface area contributed by atoms with Crippen LogP contribution in [0.25, 0.3) is 11.3 Å². The van der Waals surface area contributed by atoms with Gasteiger partial charge >= 0.3 is 0 Å². The van der Waals surface area contributed by atoms with E-state index >= 15 is 0 Å². The average Bonchev–Trinajstić information content (AvgIpc) is 2.95. The average molecular weight is 423 g/mol. The van der Waals surface area contributed by atoms with E-state index in [0.717, 1.165) is 29.8 Å². The van der Waals surface area contributed by atoms with Crippen molar-refractivity contribution in [1.82, 2.24) is 15.2 Å². The second-order valence-electron chi connectivity index (χ2n) is 6.73. The lowest BCUT2D eigenvalue weighted by Crippen LogP contribution is -2.35. The first-order chi connectivity index (χ1) is 14.7. The van der Waals surface area contributed by atoms with E-state index in [-0.39, 0.29) is 5.78 Å². The molecule has 0 saturated carbocycles. The SMILES string of the molecule is CCCCSc1nnc2c(n1)O[C@H](C(=O)c1ccc(OC)cc1)Nc1ccccc1-2. The highest BCUT2D eigenvalue weighted by Gasteiger charge is 2.30. The highest BCUT2D eigenvalue weighted by atomic mass is 32.2. The number of thioether (sulfide) groups is 1. The van der Waals surface area contributed by atoms with Crippen molar-refractivity contribution < 1.29 is 14.3 Å². The van der Waals surface area contributed by atoms with Gasteiger partial charge in [-0.3, -0.25) is 4.79 Å². The van der Waals surface area contributed by atoms with Gasteiger partial charge in [0.25, 0.3) is 0 Å². The van der Waals surface area contributed by atoms with Crippen molar-refractivity contribution in [3.63, 3.8) is 0 Å². The molecule has 0 saturated heterocycles. The molecule has 0 amide bonds. The van der Waals surface area contributed by atoms with Crippen molar-refractivity contribution in [3.8, 4) is 22.9 Å². The lowest BCUT2D eigenvalue weighted by atomic mass is 10.1. The van der Waals surface area contributed by atoms with Gasteiger partial charge in [0.15, 0.2) is 5.69 Å². The number of carbonyl (C=O) groups excluding carboxylic acids is 1. The number of methoxy groups -OCH3 is 1. The standard InChI is InChI=1S/C22H22N4O3S/c1-3-4-13-30-22-24-20-18(25-26-22)16-7-5-6-8-17(16)23-21(29-20)19(27)14-9-11-15(28-2)12-10-14/h5-12,21,23H,3-4,13H2,1-2H3/t21-/m1/s1. The molecule has 0 aliphatic carbocycles. The summed E-state index contributed by atoms with van der Waals surface area (Å²) in [6, 6.07) is 14.5. The maximum absolute atomic E-state index is 13.2. The summed E-state index contributed by atoms with van der Waals surface area (Å²) in [7, 11) is 1.59. The molecular weight excluding hydrogens is 400 g/mol. The zero-order valence-electron chi connectivity index (χ0n) is 16.8. The summed E-state index contributed by atoms with van der Waals surface area (Å²) < 4.78 is 11.2. The minimum atomic E-state index is -0.939. The minimum absolute atomic E-state index is 0.209. The first-order valence-corrected chi connectivity index (χ1v) is 10.8. The van der Waals surface area contributed by atoms with E-state index in [1.165, 1.54) is 11.8 Å². The first-order valence-electron chi connectivity index (χ1n) is 9.78. The summed E-state index contributed by atoms with van der Waals surface area (Å²) >= 11 is 1.53. The number of unbranched alkanes of at least 4 members (excludes halogenated alkanes) is 1. The molecule has 2 heterocycles. The summed E-state index contributed by atoms with van der Waals surface area (Å²) in [5, 5.41) is 12.3. The number of nitrogens with zero attached hydrogens (tertiary/aromatic N) is 3. The predicted octanol–water partition coefficient (Wildman–Crippen LogP) is 4.45. The summed E-state index contributed by atoms with van der Waals surface area (Å²) in [5.41, 5.74) is 2.56. The maximum atomic E-state index is 13.2. The Bertz CT molecular complexity index is 1040. The summed E-state index contributed by atoms with van der Waals surface area (Å²) in [5.74, 6) is 1.68. The number of Topliss-reactive ketones (excluding diaryl/α,β-unsaturated/α-hetero) is 1. The number of carbonyl (C=O) groups is 1. The number of rotatable bonds is 7. The highest BCUT2D eigenvalue weighted by molar-refractivity contribution is 7.99. The van der Waals surface area contributed by atoms with Gasteiger partial charge in [0.05, 0.1) is 7.11 Å². The zero-order chi connectivity index (χ0) is 20.9. The Kier molecular flexibility index (Phi) is 6.13. The van der Waals surface area contributed by atoms with Gasteiger partial charge in [0, 0.05) is 22.6 Å². The van der Waals surface area contributed by atoms with Gasteiger partial charge in [-0.15, -0.1) is 10.2 Å². The Balaban J connectivity index is 1.68. The van der Waals surface area contributed by atoms with Crippen LogP contribution in [0.1, 0.15) is 30.1 Å². The summed E-state index contributed by atoms with van der Waals surface area (Å²) in [6.45, 7) is 2.14. The molecule has 8 heteroatoms. The summed E-state index contributed by atoms with van der Waals surface area (Å²) in [6.07, 6.45) is 1.22. The quantitative estimate of drug-likeness (QED) is 0.339. The predicted molar refractivity (Wildman–Crippen MR) is 116 cm³/mol. The fourth-order valence-electron chi connectivity index (χ4n) is 3.04. The molecule has 0 bridgehead atoms. The molecule has 7 nitrogen and oxygen atoms in total. The zero-order valence-corrected chi connectivity index (χ0v) is 17.6. The lowest BCUT2D eigenvalue weighted by molar-refractivity contribution is 0.0823. The molecule has 0 unspecified atom stereocenters. The van der Waals surface area contributed by atoms with Crippen molar-refractivity contribution in [3.05, 3.63) is 54.1 Å². The van der Waals surface area contributed by atoms with Crippen LogP contribution < -0.4 is 14.8 Å². The van der Waals surface area contributed by atoms with Crippen LogP contribution in [-0.2, 0) is 0 Å². The van der Waals surface area contributed by atoms with Crippen molar-refractivity contribution in [2.24, 2.45) is 0 Å². The van der Waals surface area contributed by atoms with E-state index in [4.69, 9.17) is 9.47 Å². The normalized spacial score (nSPS) is 14.5. The van der Waals surface area contributed by atoms with Crippen LogP contribution in [0, 0.1) is 0 Å². The topological polar surface area (TPSA) is 86.2 Å². The van der Waals surface area contributed by atoms with Gasteiger partial charge in [-0.05, 0) is 36.8 Å².